The quantitative estimate of drug-likeness (QED) is 0.897. The van der Waals surface area contributed by atoms with E-state index >= 15 is 0 Å². The molecular weight excluding hydrogens is 295 g/mol. The Morgan fingerprint density at radius 3 is 2.86 bits per heavy atom. The van der Waals surface area contributed by atoms with E-state index in [4.69, 9.17) is 4.74 Å². The average molecular weight is 317 g/mol. The number of carbonyl (C=O) groups excluding carboxylic acids is 1. The van der Waals surface area contributed by atoms with Crippen LogP contribution in [0.1, 0.15) is 31.4 Å². The molecule has 2 N–H and O–H groups in total. The Morgan fingerprint density at radius 1 is 1.52 bits per heavy atom. The first-order valence-electron chi connectivity index (χ1n) is 6.96. The zero-order valence-electron chi connectivity index (χ0n) is 12.3. The lowest BCUT2D eigenvalue weighted by Crippen LogP contribution is -2.41. The van der Waals surface area contributed by atoms with Crippen LogP contribution in [0.3, 0.4) is 0 Å². The number of amides is 1. The molecule has 2 atom stereocenters. The summed E-state index contributed by atoms with van der Waals surface area (Å²) < 4.78 is 18.5. The number of halogens is 2. The Kier molecular flexibility index (Phi) is 6.92. The molecule has 0 saturated carbocycles. The fraction of sp³-hybridized carbons (Fsp3) is 0.533. The predicted molar refractivity (Wildman–Crippen MR) is 82.4 cm³/mol. The van der Waals surface area contributed by atoms with E-state index in [1.54, 1.807) is 12.1 Å². The second kappa shape index (κ2) is 8.20. The number of ether oxygens (including phenoxy) is 1. The summed E-state index contributed by atoms with van der Waals surface area (Å²) in [5, 5.41) is 6.16. The van der Waals surface area contributed by atoms with E-state index < -0.39 is 5.82 Å². The van der Waals surface area contributed by atoms with Gasteiger partial charge in [-0.25, -0.2) is 4.39 Å². The molecule has 4 nitrogen and oxygen atoms in total. The van der Waals surface area contributed by atoms with Gasteiger partial charge in [-0.2, -0.15) is 0 Å². The highest BCUT2D eigenvalue weighted by atomic mass is 35.5. The smallest absolute Gasteiger partial charge is 0.224 e. The zero-order valence-corrected chi connectivity index (χ0v) is 13.1. The molecule has 0 aromatic heterocycles. The monoisotopic (exact) mass is 316 g/mol. The maximum Gasteiger partial charge on any atom is 0.224 e. The number of piperidine rings is 1. The van der Waals surface area contributed by atoms with Gasteiger partial charge in [0.1, 0.15) is 0 Å². The summed E-state index contributed by atoms with van der Waals surface area (Å²) in [6, 6.07) is 4.54. The number of hydrogen-bond donors (Lipinski definition) is 2. The van der Waals surface area contributed by atoms with Crippen molar-refractivity contribution in [2.24, 2.45) is 5.92 Å². The molecular formula is C15H22ClFN2O2. The first kappa shape index (κ1) is 17.7. The molecule has 0 spiro atoms. The molecule has 0 radical (unpaired) electrons. The third-order valence-corrected chi connectivity index (χ3v) is 3.70. The lowest BCUT2D eigenvalue weighted by Gasteiger charge is -2.24. The summed E-state index contributed by atoms with van der Waals surface area (Å²) in [5.74, 6) is -0.163. The molecule has 118 valence electrons. The van der Waals surface area contributed by atoms with Crippen LogP contribution in [0.4, 0.5) is 4.39 Å². The van der Waals surface area contributed by atoms with E-state index in [2.05, 4.69) is 10.6 Å². The van der Waals surface area contributed by atoms with Gasteiger partial charge in [-0.15, -0.1) is 12.4 Å². The van der Waals surface area contributed by atoms with Gasteiger partial charge in [0.25, 0.3) is 0 Å². The van der Waals surface area contributed by atoms with Crippen molar-refractivity contribution in [2.75, 3.05) is 20.2 Å². The van der Waals surface area contributed by atoms with Gasteiger partial charge in [-0.3, -0.25) is 4.79 Å². The minimum absolute atomic E-state index is 0. The summed E-state index contributed by atoms with van der Waals surface area (Å²) in [6.07, 6.45) is 1.92. The minimum atomic E-state index is -0.412. The third-order valence-electron chi connectivity index (χ3n) is 3.70. The zero-order chi connectivity index (χ0) is 14.5. The molecule has 2 rings (SSSR count). The Bertz CT molecular complexity index is 479. The Hall–Kier alpha value is -1.33. The normalized spacial score (nSPS) is 19.3. The molecule has 0 bridgehead atoms. The number of methoxy groups -OCH3 is 1. The lowest BCUT2D eigenvalue weighted by molar-refractivity contribution is -0.126. The SMILES string of the molecule is COc1ccc(C(C)NC(=O)C2CCCNC2)cc1F.Cl. The first-order chi connectivity index (χ1) is 9.61. The molecule has 1 aliphatic rings. The summed E-state index contributed by atoms with van der Waals surface area (Å²) in [5.41, 5.74) is 0.736. The summed E-state index contributed by atoms with van der Waals surface area (Å²) in [6.45, 7) is 3.55. The van der Waals surface area contributed by atoms with Gasteiger partial charge in [0.05, 0.1) is 19.1 Å². The third kappa shape index (κ3) is 4.58. The predicted octanol–water partition coefficient (Wildman–Crippen LogP) is 2.43. The van der Waals surface area contributed by atoms with E-state index in [-0.39, 0.29) is 36.0 Å². The van der Waals surface area contributed by atoms with Gasteiger partial charge < -0.3 is 15.4 Å². The molecule has 1 aliphatic heterocycles. The van der Waals surface area contributed by atoms with Crippen molar-refractivity contribution in [3.63, 3.8) is 0 Å². The van der Waals surface area contributed by atoms with Crippen LogP contribution in [0.5, 0.6) is 5.75 Å². The summed E-state index contributed by atoms with van der Waals surface area (Å²) in [7, 11) is 1.43. The second-order valence-corrected chi connectivity index (χ2v) is 5.17. The number of carbonyl (C=O) groups is 1. The molecule has 1 fully saturated rings. The fourth-order valence-electron chi connectivity index (χ4n) is 2.44. The van der Waals surface area contributed by atoms with E-state index in [0.717, 1.165) is 31.5 Å². The average Bonchev–Trinajstić information content (AvgIpc) is 2.48. The fourth-order valence-corrected chi connectivity index (χ4v) is 2.44. The van der Waals surface area contributed by atoms with Gasteiger partial charge in [0.15, 0.2) is 11.6 Å². The largest absolute Gasteiger partial charge is 0.494 e. The maximum absolute atomic E-state index is 13.7. The summed E-state index contributed by atoms with van der Waals surface area (Å²) >= 11 is 0. The van der Waals surface area contributed by atoms with Crippen LogP contribution in [0.2, 0.25) is 0 Å². The molecule has 1 aromatic rings. The van der Waals surface area contributed by atoms with E-state index in [1.165, 1.54) is 13.2 Å². The van der Waals surface area contributed by atoms with Crippen molar-refractivity contribution in [2.45, 2.75) is 25.8 Å². The molecule has 21 heavy (non-hydrogen) atoms. The highest BCUT2D eigenvalue weighted by Crippen LogP contribution is 2.22. The Labute approximate surface area is 130 Å². The highest BCUT2D eigenvalue weighted by molar-refractivity contribution is 5.85. The minimum Gasteiger partial charge on any atom is -0.494 e. The van der Waals surface area contributed by atoms with Gasteiger partial charge in [-0.1, -0.05) is 6.07 Å². The van der Waals surface area contributed by atoms with E-state index in [9.17, 15) is 9.18 Å². The van der Waals surface area contributed by atoms with Crippen molar-refractivity contribution in [3.05, 3.63) is 29.6 Å². The van der Waals surface area contributed by atoms with Gasteiger partial charge in [-0.05, 0) is 44.0 Å². The number of rotatable bonds is 4. The Balaban J connectivity index is 0.00000220. The van der Waals surface area contributed by atoms with E-state index in [0.29, 0.717) is 0 Å². The standard InChI is InChI=1S/C15H21FN2O2.ClH/c1-10(11-5-6-14(20-2)13(16)8-11)18-15(19)12-4-3-7-17-9-12;/h5-6,8,10,12,17H,3-4,7,9H2,1-2H3,(H,18,19);1H. The van der Waals surface area contributed by atoms with Crippen LogP contribution in [0, 0.1) is 11.7 Å². The van der Waals surface area contributed by atoms with Crippen LogP contribution in [0.25, 0.3) is 0 Å². The molecule has 1 saturated heterocycles. The molecule has 2 unspecified atom stereocenters. The van der Waals surface area contributed by atoms with Crippen molar-refractivity contribution >= 4 is 18.3 Å². The topological polar surface area (TPSA) is 50.4 Å². The van der Waals surface area contributed by atoms with Crippen LogP contribution < -0.4 is 15.4 Å². The molecule has 1 aromatic carbocycles. The van der Waals surface area contributed by atoms with Gasteiger partial charge in [0, 0.05) is 6.54 Å². The van der Waals surface area contributed by atoms with Crippen molar-refractivity contribution in [1.29, 1.82) is 0 Å². The van der Waals surface area contributed by atoms with E-state index in [1.807, 2.05) is 6.92 Å². The lowest BCUT2D eigenvalue weighted by atomic mass is 9.98. The molecule has 6 heteroatoms. The van der Waals surface area contributed by atoms with Crippen molar-refractivity contribution < 1.29 is 13.9 Å². The summed E-state index contributed by atoms with van der Waals surface area (Å²) in [4.78, 5) is 12.1. The van der Waals surface area contributed by atoms with Crippen LogP contribution in [-0.2, 0) is 4.79 Å². The van der Waals surface area contributed by atoms with Crippen LogP contribution in [0.15, 0.2) is 18.2 Å². The van der Waals surface area contributed by atoms with Gasteiger partial charge in [0.2, 0.25) is 5.91 Å². The van der Waals surface area contributed by atoms with Crippen LogP contribution in [-0.4, -0.2) is 26.1 Å². The molecule has 0 aliphatic carbocycles. The molecule has 1 heterocycles. The van der Waals surface area contributed by atoms with Crippen molar-refractivity contribution in [3.8, 4) is 5.75 Å². The highest BCUT2D eigenvalue weighted by Gasteiger charge is 2.22. The van der Waals surface area contributed by atoms with Crippen LogP contribution >= 0.6 is 12.4 Å². The first-order valence-corrected chi connectivity index (χ1v) is 6.96. The van der Waals surface area contributed by atoms with Gasteiger partial charge >= 0.3 is 0 Å². The van der Waals surface area contributed by atoms with Crippen molar-refractivity contribution in [1.82, 2.24) is 10.6 Å². The Morgan fingerprint density at radius 2 is 2.29 bits per heavy atom. The number of nitrogens with one attached hydrogen (secondary N) is 2. The maximum atomic E-state index is 13.7. The number of benzene rings is 1. The molecule has 1 amide bonds. The second-order valence-electron chi connectivity index (χ2n) is 5.17. The number of hydrogen-bond acceptors (Lipinski definition) is 3.